The highest BCUT2D eigenvalue weighted by molar-refractivity contribution is 7.95. The Morgan fingerprint density at radius 3 is 2.25 bits per heavy atom. The molecule has 9 atom stereocenters. The first kappa shape index (κ1) is 57.4. The maximum atomic E-state index is 13.9. The Balaban J connectivity index is 1.38. The summed E-state index contributed by atoms with van der Waals surface area (Å²) in [5.74, 6) is -6.60. The SMILES string of the molecule is Cc1c(N)nc([C@H](CC(N)=O)NC[C@H](N)C(N)=O)nc1C(=O)N[C@H](C(=O)N[C@H](C)[C@@H](O)[C@H](C)C(=O)N[C@H](C(=O)OCCc1nc(-c2nc(C(=O)NCCC[S+](C)C)cs2)cs1)[C@@H](C)O)[C@@H](O)c1cnc[nH]1. The van der Waals surface area contributed by atoms with E-state index in [0.717, 1.165) is 12.2 Å². The van der Waals surface area contributed by atoms with Crippen molar-refractivity contribution in [1.29, 1.82) is 0 Å². The number of nitrogens with two attached hydrogens (primary N) is 4. The molecule has 0 aliphatic rings. The van der Waals surface area contributed by atoms with Crippen molar-refractivity contribution in [1.82, 2.24) is 56.5 Å². The van der Waals surface area contributed by atoms with Crippen LogP contribution in [0.4, 0.5) is 5.82 Å². The summed E-state index contributed by atoms with van der Waals surface area (Å²) in [6.07, 6.45) is 2.48. The molecule has 4 rings (SSSR count). The molecule has 0 saturated carbocycles. The molecule has 71 heavy (non-hydrogen) atoms. The zero-order valence-electron chi connectivity index (χ0n) is 39.8. The Hall–Kier alpha value is -6.21. The van der Waals surface area contributed by atoms with Crippen LogP contribution in [0.5, 0.6) is 0 Å². The number of amides is 6. The second-order valence-electron chi connectivity index (χ2n) is 16.7. The molecule has 388 valence electrons. The molecular weight excluding hydrogens is 987 g/mol. The number of nitrogens with zero attached hydrogens (tertiary/aromatic N) is 5. The number of thiazole rings is 2. The number of rotatable bonds is 28. The van der Waals surface area contributed by atoms with Crippen LogP contribution in [-0.4, -0.2) is 161 Å². The molecule has 0 saturated heterocycles. The van der Waals surface area contributed by atoms with Crippen molar-refractivity contribution < 1.29 is 53.6 Å². The fraction of sp³-hybridized carbons (Fsp3) is 0.524. The molecule has 6 amide bonds. The van der Waals surface area contributed by atoms with E-state index < -0.39 is 96.4 Å². The average molecular weight is 1050 g/mol. The molecule has 0 fully saturated rings. The van der Waals surface area contributed by atoms with E-state index in [1.807, 2.05) is 0 Å². The van der Waals surface area contributed by atoms with Gasteiger partial charge in [-0.1, -0.05) is 6.92 Å². The van der Waals surface area contributed by atoms with E-state index in [4.69, 9.17) is 27.7 Å². The van der Waals surface area contributed by atoms with Gasteiger partial charge in [-0.25, -0.2) is 29.7 Å². The maximum absolute atomic E-state index is 13.9. The summed E-state index contributed by atoms with van der Waals surface area (Å²) in [5, 5.41) is 50.6. The number of aromatic nitrogens is 6. The molecule has 0 spiro atoms. The molecule has 4 heterocycles. The molecule has 0 bridgehead atoms. The zero-order chi connectivity index (χ0) is 52.7. The van der Waals surface area contributed by atoms with E-state index >= 15 is 0 Å². The molecule has 0 aliphatic heterocycles. The fourth-order valence-corrected chi connectivity index (χ4v) is 8.83. The van der Waals surface area contributed by atoms with Crippen LogP contribution in [0.3, 0.4) is 0 Å². The van der Waals surface area contributed by atoms with Crippen molar-refractivity contribution in [2.45, 2.75) is 95.5 Å². The Kier molecular flexibility index (Phi) is 21.7. The molecule has 0 aliphatic carbocycles. The monoisotopic (exact) mass is 1050 g/mol. The van der Waals surface area contributed by atoms with Gasteiger partial charge in [-0.2, -0.15) is 0 Å². The van der Waals surface area contributed by atoms with Gasteiger partial charge in [0.1, 0.15) is 51.6 Å². The number of nitrogen functional groups attached to an aromatic ring is 1. The van der Waals surface area contributed by atoms with Crippen molar-refractivity contribution in [3.05, 3.63) is 56.8 Å². The van der Waals surface area contributed by atoms with Gasteiger partial charge in [0.25, 0.3) is 11.8 Å². The number of aliphatic hydroxyl groups excluding tert-OH is 3. The Morgan fingerprint density at radius 2 is 1.62 bits per heavy atom. The summed E-state index contributed by atoms with van der Waals surface area (Å²) in [4.78, 5) is 114. The predicted molar refractivity (Wildman–Crippen MR) is 263 cm³/mol. The van der Waals surface area contributed by atoms with Gasteiger partial charge in [-0.3, -0.25) is 28.8 Å². The summed E-state index contributed by atoms with van der Waals surface area (Å²) >= 11 is 2.56. The van der Waals surface area contributed by atoms with Gasteiger partial charge in [0.15, 0.2) is 6.04 Å². The van der Waals surface area contributed by atoms with E-state index in [1.165, 1.54) is 62.9 Å². The van der Waals surface area contributed by atoms with Crippen LogP contribution >= 0.6 is 22.7 Å². The van der Waals surface area contributed by atoms with E-state index in [0.29, 0.717) is 33.1 Å². The topological polar surface area (TPSA) is 434 Å². The third-order valence-corrected chi connectivity index (χ3v) is 13.6. The minimum absolute atomic E-state index is 0.00511. The number of primary amides is 2. The highest BCUT2D eigenvalue weighted by Gasteiger charge is 2.37. The number of nitrogens with one attached hydrogen (secondary N) is 6. The number of ether oxygens (including phenoxy) is 1. The predicted octanol–water partition coefficient (Wildman–Crippen LogP) is -3.03. The number of carbonyl (C=O) groups excluding carboxylic acids is 7. The molecule has 0 unspecified atom stereocenters. The highest BCUT2D eigenvalue weighted by Crippen LogP contribution is 2.26. The van der Waals surface area contributed by atoms with Crippen molar-refractivity contribution >= 4 is 80.8 Å². The normalized spacial score (nSPS) is 15.3. The minimum Gasteiger partial charge on any atom is -0.464 e. The number of hydrogen-bond acceptors (Lipinski definition) is 21. The molecule has 4 aromatic rings. The maximum Gasteiger partial charge on any atom is 0.331 e. The third-order valence-electron chi connectivity index (χ3n) is 10.7. The number of anilines is 1. The van der Waals surface area contributed by atoms with Crippen LogP contribution in [0, 0.1) is 12.8 Å². The smallest absolute Gasteiger partial charge is 0.331 e. The highest BCUT2D eigenvalue weighted by atomic mass is 32.2. The number of carbonyl (C=O) groups is 7. The van der Waals surface area contributed by atoms with Gasteiger partial charge < -0.3 is 74.6 Å². The summed E-state index contributed by atoms with van der Waals surface area (Å²) in [6.45, 7) is 5.46. The molecule has 17 N–H and O–H groups in total. The molecular formula is C42H62N15O11S3+. The molecule has 0 aromatic carbocycles. The quantitative estimate of drug-likeness (QED) is 0.0153. The second-order valence-corrected chi connectivity index (χ2v) is 20.8. The van der Waals surface area contributed by atoms with Crippen molar-refractivity contribution in [3.63, 3.8) is 0 Å². The largest absolute Gasteiger partial charge is 0.464 e. The number of aromatic amines is 1. The zero-order valence-corrected chi connectivity index (χ0v) is 42.3. The standard InChI is InChI=1S/C42H61N15O11S3/c1-18-29(54-36(57-34(18)45)23(12-27(44)59)49-13-22(43)35(46)62)39(65)56-31(33(61)24-14-47-17-50-24)40(66)51-20(3)32(60)19(2)37(63)55-30(21(4)58)42(67)68-10-8-28-52-26(16-69-28)41-53-25(15-70-41)38(64)48-9-7-11-71(5)6/h14-17,19-23,30-33,49,58,60-61H,7-13,43H2,1-6H3,(H10-,44,45,46,47,48,50,51,54,55,56,57,59,62,63,64,65,66)/p+1/t19-,20+,21+,22-,23-,30-,31-,32-,33-/m0/s1. The lowest BCUT2D eigenvalue weighted by Crippen LogP contribution is -2.57. The first-order valence-corrected chi connectivity index (χ1v) is 26.0. The number of hydrogen-bond donors (Lipinski definition) is 13. The van der Waals surface area contributed by atoms with E-state index in [9.17, 15) is 48.9 Å². The summed E-state index contributed by atoms with van der Waals surface area (Å²) < 4.78 is 5.39. The molecule has 0 radical (unpaired) electrons. The lowest BCUT2D eigenvalue weighted by Gasteiger charge is -2.29. The van der Waals surface area contributed by atoms with Crippen LogP contribution < -0.4 is 49.5 Å². The van der Waals surface area contributed by atoms with Crippen LogP contribution in [-0.2, 0) is 46.0 Å². The summed E-state index contributed by atoms with van der Waals surface area (Å²) in [6, 6.07) is -6.91. The first-order valence-electron chi connectivity index (χ1n) is 22.0. The van der Waals surface area contributed by atoms with E-state index in [2.05, 4.69) is 69.0 Å². The van der Waals surface area contributed by atoms with Crippen molar-refractivity contribution in [2.24, 2.45) is 23.1 Å². The van der Waals surface area contributed by atoms with Crippen LogP contribution in [0.1, 0.15) is 88.8 Å². The van der Waals surface area contributed by atoms with E-state index in [-0.39, 0.29) is 59.8 Å². The van der Waals surface area contributed by atoms with Crippen molar-refractivity contribution in [2.75, 3.05) is 43.7 Å². The lowest BCUT2D eigenvalue weighted by atomic mass is 9.96. The number of H-pyrrole nitrogens is 1. The molecule has 26 nitrogen and oxygen atoms in total. The van der Waals surface area contributed by atoms with Crippen LogP contribution in [0.2, 0.25) is 0 Å². The Bertz CT molecular complexity index is 2470. The number of imidazole rings is 1. The van der Waals surface area contributed by atoms with Crippen LogP contribution in [0.15, 0.2) is 23.3 Å². The number of aliphatic hydroxyl groups is 3. The van der Waals surface area contributed by atoms with Crippen LogP contribution in [0.25, 0.3) is 10.7 Å². The first-order chi connectivity index (χ1) is 33.5. The lowest BCUT2D eigenvalue weighted by molar-refractivity contribution is -0.151. The fourth-order valence-electron chi connectivity index (χ4n) is 6.51. The Morgan fingerprint density at radius 1 is 0.901 bits per heavy atom. The Labute approximate surface area is 419 Å². The minimum atomic E-state index is -1.82. The second kappa shape index (κ2) is 26.8. The van der Waals surface area contributed by atoms with Gasteiger partial charge in [0.05, 0.1) is 78.6 Å². The van der Waals surface area contributed by atoms with Gasteiger partial charge >= 0.3 is 5.97 Å². The van der Waals surface area contributed by atoms with Gasteiger partial charge in [-0.05, 0) is 31.7 Å². The third kappa shape index (κ3) is 16.7. The van der Waals surface area contributed by atoms with Crippen molar-refractivity contribution in [3.8, 4) is 10.7 Å². The van der Waals surface area contributed by atoms with Gasteiger partial charge in [-0.15, -0.1) is 22.7 Å². The number of esters is 1. The average Bonchev–Trinajstić information content (AvgIpc) is 4.13. The van der Waals surface area contributed by atoms with Gasteiger partial charge in [0.2, 0.25) is 23.6 Å². The summed E-state index contributed by atoms with van der Waals surface area (Å²) in [7, 11) is 0.291. The molecule has 4 aromatic heterocycles. The van der Waals surface area contributed by atoms with Gasteiger partial charge in [0, 0.05) is 48.7 Å². The molecule has 29 heteroatoms. The van der Waals surface area contributed by atoms with E-state index in [1.54, 1.807) is 10.8 Å². The summed E-state index contributed by atoms with van der Waals surface area (Å²) in [5.41, 5.74) is 23.0.